The molecule has 112 valence electrons. The van der Waals surface area contributed by atoms with Gasteiger partial charge in [-0.25, -0.2) is 8.42 Å². The summed E-state index contributed by atoms with van der Waals surface area (Å²) in [6.45, 7) is 0.236. The van der Waals surface area contributed by atoms with E-state index in [0.717, 1.165) is 19.3 Å². The number of halogens is 2. The van der Waals surface area contributed by atoms with Gasteiger partial charge in [-0.3, -0.25) is 0 Å². The fourth-order valence-corrected chi connectivity index (χ4v) is 5.07. The predicted molar refractivity (Wildman–Crippen MR) is 79.7 cm³/mol. The van der Waals surface area contributed by atoms with E-state index in [-0.39, 0.29) is 34.1 Å². The summed E-state index contributed by atoms with van der Waals surface area (Å²) in [7, 11) is -3.74. The Bertz CT molecular complexity index is 553. The molecule has 20 heavy (non-hydrogen) atoms. The summed E-state index contributed by atoms with van der Waals surface area (Å²) >= 11 is 12.0. The number of hydrogen-bond acceptors (Lipinski definition) is 3. The Morgan fingerprint density at radius 2 is 1.85 bits per heavy atom. The third-order valence-electron chi connectivity index (χ3n) is 3.50. The molecule has 0 spiro atoms. The zero-order chi connectivity index (χ0) is 14.8. The average molecular weight is 338 g/mol. The van der Waals surface area contributed by atoms with Crippen LogP contribution in [0.5, 0.6) is 0 Å². The quantitative estimate of drug-likeness (QED) is 0.868. The van der Waals surface area contributed by atoms with Crippen LogP contribution in [0.4, 0.5) is 0 Å². The molecule has 1 aromatic rings. The lowest BCUT2D eigenvalue weighted by atomic mass is 9.93. The zero-order valence-electron chi connectivity index (χ0n) is 10.9. The molecule has 2 rings (SSSR count). The predicted octanol–water partition coefficient (Wildman–Crippen LogP) is 2.92. The van der Waals surface area contributed by atoms with E-state index in [1.165, 1.54) is 16.4 Å². The molecule has 1 aromatic carbocycles. The largest absolute Gasteiger partial charge is 0.396 e. The van der Waals surface area contributed by atoms with Crippen LogP contribution >= 0.6 is 23.2 Å². The van der Waals surface area contributed by atoms with Gasteiger partial charge < -0.3 is 5.11 Å². The van der Waals surface area contributed by atoms with Crippen LogP contribution in [0.1, 0.15) is 25.7 Å². The Labute approximate surface area is 129 Å². The zero-order valence-corrected chi connectivity index (χ0v) is 13.3. The third-order valence-corrected chi connectivity index (χ3v) is 6.41. The number of sulfonamides is 1. The van der Waals surface area contributed by atoms with Crippen LogP contribution in [0.15, 0.2) is 23.1 Å². The molecule has 0 aromatic heterocycles. The third kappa shape index (κ3) is 3.12. The van der Waals surface area contributed by atoms with Crippen molar-refractivity contribution in [3.63, 3.8) is 0 Å². The molecule has 0 amide bonds. The Balaban J connectivity index is 2.39. The highest BCUT2D eigenvalue weighted by Gasteiger charge is 2.36. The van der Waals surface area contributed by atoms with E-state index in [0.29, 0.717) is 6.42 Å². The van der Waals surface area contributed by atoms with E-state index >= 15 is 0 Å². The molecule has 0 aliphatic heterocycles. The molecular weight excluding hydrogens is 321 g/mol. The molecular formula is C13H17Cl2NO3S. The summed E-state index contributed by atoms with van der Waals surface area (Å²) in [6.07, 6.45) is 3.10. The van der Waals surface area contributed by atoms with Gasteiger partial charge in [0, 0.05) is 19.2 Å². The van der Waals surface area contributed by atoms with E-state index in [1.54, 1.807) is 6.07 Å². The van der Waals surface area contributed by atoms with Crippen molar-refractivity contribution in [3.05, 3.63) is 28.2 Å². The highest BCUT2D eigenvalue weighted by Crippen LogP contribution is 2.36. The normalized spacial score (nSPS) is 16.4. The first-order chi connectivity index (χ1) is 9.48. The summed E-state index contributed by atoms with van der Waals surface area (Å²) in [4.78, 5) is -0.0341. The highest BCUT2D eigenvalue weighted by molar-refractivity contribution is 7.89. The van der Waals surface area contributed by atoms with Gasteiger partial charge in [0.2, 0.25) is 10.0 Å². The molecule has 0 heterocycles. The molecule has 7 heteroatoms. The lowest BCUT2D eigenvalue weighted by Gasteiger charge is -2.36. The molecule has 1 saturated carbocycles. The number of benzene rings is 1. The van der Waals surface area contributed by atoms with Gasteiger partial charge in [0.1, 0.15) is 4.90 Å². The smallest absolute Gasteiger partial charge is 0.246 e. The number of aliphatic hydroxyl groups is 1. The molecule has 0 unspecified atom stereocenters. The lowest BCUT2D eigenvalue weighted by molar-refractivity contribution is 0.198. The van der Waals surface area contributed by atoms with Gasteiger partial charge in [-0.15, -0.1) is 0 Å². The number of hydrogen-bond donors (Lipinski definition) is 1. The molecule has 0 bridgehead atoms. The summed E-state index contributed by atoms with van der Waals surface area (Å²) < 4.78 is 27.0. The van der Waals surface area contributed by atoms with Crippen LogP contribution in [0, 0.1) is 0 Å². The highest BCUT2D eigenvalue weighted by atomic mass is 35.5. The first-order valence-electron chi connectivity index (χ1n) is 6.55. The Hall–Kier alpha value is -0.330. The van der Waals surface area contributed by atoms with E-state index in [2.05, 4.69) is 0 Å². The summed E-state index contributed by atoms with van der Waals surface area (Å²) in [5, 5.41) is 9.22. The van der Waals surface area contributed by atoms with Crippen LogP contribution in [0.3, 0.4) is 0 Å². The molecule has 4 nitrogen and oxygen atoms in total. The van der Waals surface area contributed by atoms with E-state index < -0.39 is 10.0 Å². The van der Waals surface area contributed by atoms with E-state index in [1.807, 2.05) is 0 Å². The molecule has 1 fully saturated rings. The van der Waals surface area contributed by atoms with Crippen molar-refractivity contribution >= 4 is 33.2 Å². The summed E-state index contributed by atoms with van der Waals surface area (Å²) in [5.41, 5.74) is 0. The molecule has 0 atom stereocenters. The van der Waals surface area contributed by atoms with E-state index in [4.69, 9.17) is 28.3 Å². The van der Waals surface area contributed by atoms with Crippen LogP contribution in [-0.2, 0) is 10.0 Å². The van der Waals surface area contributed by atoms with Crippen molar-refractivity contribution in [1.82, 2.24) is 4.31 Å². The van der Waals surface area contributed by atoms with Crippen molar-refractivity contribution < 1.29 is 13.5 Å². The van der Waals surface area contributed by atoms with Crippen LogP contribution in [-0.4, -0.2) is 37.0 Å². The van der Waals surface area contributed by atoms with Crippen molar-refractivity contribution in [2.24, 2.45) is 0 Å². The van der Waals surface area contributed by atoms with Crippen LogP contribution < -0.4 is 0 Å². The van der Waals surface area contributed by atoms with Crippen LogP contribution in [0.25, 0.3) is 0 Å². The second-order valence-corrected chi connectivity index (χ2v) is 7.47. The summed E-state index contributed by atoms with van der Waals surface area (Å²) in [6, 6.07) is 4.64. The van der Waals surface area contributed by atoms with Crippen molar-refractivity contribution in [2.75, 3.05) is 13.2 Å². The maximum Gasteiger partial charge on any atom is 0.246 e. The fraction of sp³-hybridized carbons (Fsp3) is 0.538. The molecule has 1 aliphatic carbocycles. The maximum atomic E-state index is 12.8. The first kappa shape index (κ1) is 16.0. The monoisotopic (exact) mass is 337 g/mol. The van der Waals surface area contributed by atoms with Gasteiger partial charge in [0.05, 0.1) is 10.0 Å². The molecule has 1 N–H and O–H groups in total. The van der Waals surface area contributed by atoms with Gasteiger partial charge in [0.25, 0.3) is 0 Å². The second kappa shape index (κ2) is 6.62. The standard InChI is InChI=1S/C13H17Cl2NO3S/c14-11-6-2-7-12(15)13(11)20(18,19)16(8-3-9-17)10-4-1-5-10/h2,6-7,10,17H,1,3-5,8-9H2. The number of aliphatic hydroxyl groups excluding tert-OH is 1. The Kier molecular flexibility index (Phi) is 5.31. The van der Waals surface area contributed by atoms with Gasteiger partial charge in [-0.2, -0.15) is 4.31 Å². The topological polar surface area (TPSA) is 57.6 Å². The van der Waals surface area contributed by atoms with Crippen molar-refractivity contribution in [3.8, 4) is 0 Å². The minimum absolute atomic E-state index is 0.0149. The lowest BCUT2D eigenvalue weighted by Crippen LogP contribution is -2.45. The first-order valence-corrected chi connectivity index (χ1v) is 8.75. The fourth-order valence-electron chi connectivity index (χ4n) is 2.25. The SMILES string of the molecule is O=S(=O)(c1c(Cl)cccc1Cl)N(CCCO)C1CCC1. The van der Waals surface area contributed by atoms with Crippen molar-refractivity contribution in [2.45, 2.75) is 36.6 Å². The van der Waals surface area contributed by atoms with Gasteiger partial charge in [0.15, 0.2) is 0 Å². The molecule has 0 saturated heterocycles. The van der Waals surface area contributed by atoms with Gasteiger partial charge in [-0.1, -0.05) is 35.7 Å². The number of rotatable bonds is 6. The van der Waals surface area contributed by atoms with Crippen LogP contribution in [0.2, 0.25) is 10.0 Å². The number of nitrogens with zero attached hydrogens (tertiary/aromatic N) is 1. The Morgan fingerprint density at radius 1 is 1.25 bits per heavy atom. The molecule has 0 radical (unpaired) electrons. The summed E-state index contributed by atoms with van der Waals surface area (Å²) in [5.74, 6) is 0. The molecule has 1 aliphatic rings. The van der Waals surface area contributed by atoms with Gasteiger partial charge in [-0.05, 0) is 31.4 Å². The van der Waals surface area contributed by atoms with E-state index in [9.17, 15) is 8.42 Å². The van der Waals surface area contributed by atoms with Gasteiger partial charge >= 0.3 is 0 Å². The maximum absolute atomic E-state index is 12.8. The second-order valence-electron chi connectivity index (χ2n) is 4.83. The average Bonchev–Trinajstić information content (AvgIpc) is 2.31. The minimum Gasteiger partial charge on any atom is -0.396 e. The van der Waals surface area contributed by atoms with Crippen molar-refractivity contribution in [1.29, 1.82) is 0 Å². The Morgan fingerprint density at radius 3 is 2.30 bits per heavy atom. The minimum atomic E-state index is -3.74.